The van der Waals surface area contributed by atoms with Crippen LogP contribution in [0.4, 0.5) is 0 Å². The lowest BCUT2D eigenvalue weighted by Gasteiger charge is -2.19. The molecular formula is C30H59NO6. The topological polar surface area (TPSA) is 74.3 Å². The number of rotatable bonds is 29. The molecule has 0 saturated heterocycles. The first-order valence-electron chi connectivity index (χ1n) is 15.1. The number of carbonyl (C=O) groups excluding carboxylic acids is 2. The van der Waals surface area contributed by atoms with E-state index < -0.39 is 0 Å². The molecule has 1 unspecified atom stereocenters. The molecule has 0 aliphatic carbocycles. The maximum absolute atomic E-state index is 12.7. The molecule has 0 bridgehead atoms. The van der Waals surface area contributed by atoms with E-state index in [2.05, 4.69) is 32.8 Å². The van der Waals surface area contributed by atoms with E-state index >= 15 is 0 Å². The fourth-order valence-electron chi connectivity index (χ4n) is 4.21. The van der Waals surface area contributed by atoms with Crippen LogP contribution in [0.2, 0.25) is 0 Å². The molecule has 0 aromatic heterocycles. The van der Waals surface area contributed by atoms with Crippen LogP contribution in [0.5, 0.6) is 0 Å². The van der Waals surface area contributed by atoms with Gasteiger partial charge in [-0.25, -0.2) is 0 Å². The maximum Gasteiger partial charge on any atom is 0.308 e. The minimum atomic E-state index is 0.00698. The molecule has 0 fully saturated rings. The van der Waals surface area contributed by atoms with Crippen molar-refractivity contribution in [1.29, 1.82) is 0 Å². The lowest BCUT2D eigenvalue weighted by Crippen LogP contribution is -2.23. The third-order valence-electron chi connectivity index (χ3n) is 6.63. The number of carbonyl (C=O) groups is 2. The molecule has 0 aromatic rings. The van der Waals surface area contributed by atoms with Gasteiger partial charge >= 0.3 is 5.97 Å². The molecule has 0 N–H and O–H groups in total. The summed E-state index contributed by atoms with van der Waals surface area (Å²) in [5.74, 6) is 0.431. The molecule has 0 spiro atoms. The molecule has 0 aliphatic rings. The van der Waals surface area contributed by atoms with Gasteiger partial charge in [0.05, 0.1) is 32.3 Å². The van der Waals surface area contributed by atoms with Gasteiger partial charge in [-0.3, -0.25) is 9.59 Å². The molecule has 220 valence electrons. The van der Waals surface area contributed by atoms with Crippen LogP contribution in [0.25, 0.3) is 0 Å². The highest BCUT2D eigenvalue weighted by Gasteiger charge is 2.19. The molecule has 7 nitrogen and oxygen atoms in total. The van der Waals surface area contributed by atoms with Crippen LogP contribution in [0.3, 0.4) is 0 Å². The summed E-state index contributed by atoms with van der Waals surface area (Å²) in [6, 6.07) is 0. The normalized spacial score (nSPS) is 12.3. The summed E-state index contributed by atoms with van der Waals surface area (Å²) in [5, 5.41) is 0. The summed E-state index contributed by atoms with van der Waals surface area (Å²) in [6.07, 6.45) is 16.0. The molecule has 0 amide bonds. The van der Waals surface area contributed by atoms with Crippen molar-refractivity contribution in [2.24, 2.45) is 11.8 Å². The summed E-state index contributed by atoms with van der Waals surface area (Å²) in [6.45, 7) is 9.57. The molecular weight excluding hydrogens is 470 g/mol. The Bertz CT molecular complexity index is 490. The van der Waals surface area contributed by atoms with Crippen LogP contribution in [-0.4, -0.2) is 77.6 Å². The van der Waals surface area contributed by atoms with Gasteiger partial charge in [0.2, 0.25) is 0 Å². The lowest BCUT2D eigenvalue weighted by molar-refractivity contribution is -0.149. The highest BCUT2D eigenvalue weighted by Crippen LogP contribution is 2.20. The van der Waals surface area contributed by atoms with Crippen molar-refractivity contribution in [1.82, 2.24) is 4.90 Å². The van der Waals surface area contributed by atoms with Gasteiger partial charge in [-0.1, -0.05) is 65.2 Å². The van der Waals surface area contributed by atoms with Crippen LogP contribution < -0.4 is 0 Å². The van der Waals surface area contributed by atoms with E-state index in [-0.39, 0.29) is 11.9 Å². The number of unbranched alkanes of at least 4 members (excludes halogenated alkanes) is 8. The minimum Gasteiger partial charge on any atom is -0.468 e. The monoisotopic (exact) mass is 529 g/mol. The number of hydrogen-bond acceptors (Lipinski definition) is 7. The number of ether oxygens (including phenoxy) is 4. The fraction of sp³-hybridized carbons (Fsp3) is 0.933. The average molecular weight is 530 g/mol. The Balaban J connectivity index is 4.11. The van der Waals surface area contributed by atoms with Crippen molar-refractivity contribution in [3.05, 3.63) is 0 Å². The quantitative estimate of drug-likeness (QED) is 0.0628. The molecule has 37 heavy (non-hydrogen) atoms. The number of nitrogens with zero attached hydrogens (tertiary/aromatic N) is 1. The standard InChI is InChI=1S/C30H59NO6/c1-5-7-9-11-17-29(18-12-10-8-6-2)30(33)37-24-16-15-22-35-26-28(19-20-31(3)4)25-34-21-13-14-23-36-27-32/h27-29H,5-26H2,1-4H3. The first kappa shape index (κ1) is 35.8. The van der Waals surface area contributed by atoms with Gasteiger partial charge in [0.1, 0.15) is 0 Å². The van der Waals surface area contributed by atoms with Crippen molar-refractivity contribution < 1.29 is 28.5 Å². The van der Waals surface area contributed by atoms with Crippen LogP contribution in [0.15, 0.2) is 0 Å². The molecule has 0 aromatic carbocycles. The van der Waals surface area contributed by atoms with Gasteiger partial charge in [0, 0.05) is 19.1 Å². The van der Waals surface area contributed by atoms with Gasteiger partial charge in [-0.2, -0.15) is 0 Å². The Hall–Kier alpha value is -1.18. The van der Waals surface area contributed by atoms with Gasteiger partial charge in [0.25, 0.3) is 6.47 Å². The van der Waals surface area contributed by atoms with E-state index in [9.17, 15) is 9.59 Å². The highest BCUT2D eigenvalue weighted by atomic mass is 16.5. The van der Waals surface area contributed by atoms with Gasteiger partial charge in [0.15, 0.2) is 0 Å². The molecule has 0 saturated carbocycles. The number of esters is 1. The second kappa shape index (κ2) is 27.8. The van der Waals surface area contributed by atoms with Crippen molar-refractivity contribution in [2.45, 2.75) is 110 Å². The second-order valence-corrected chi connectivity index (χ2v) is 10.6. The van der Waals surface area contributed by atoms with Crippen molar-refractivity contribution in [2.75, 3.05) is 60.3 Å². The molecule has 0 rings (SSSR count). The van der Waals surface area contributed by atoms with Gasteiger partial charge < -0.3 is 23.8 Å². The Kier molecular flexibility index (Phi) is 27.0. The van der Waals surface area contributed by atoms with E-state index in [4.69, 9.17) is 18.9 Å². The minimum absolute atomic E-state index is 0.00698. The molecule has 1 atom stereocenters. The largest absolute Gasteiger partial charge is 0.468 e. The Morgan fingerprint density at radius 3 is 1.76 bits per heavy atom. The van der Waals surface area contributed by atoms with Crippen molar-refractivity contribution in [3.63, 3.8) is 0 Å². The van der Waals surface area contributed by atoms with Crippen LogP contribution in [0.1, 0.15) is 110 Å². The zero-order chi connectivity index (χ0) is 27.4. The summed E-state index contributed by atoms with van der Waals surface area (Å²) in [5.41, 5.74) is 0. The van der Waals surface area contributed by atoms with Crippen LogP contribution >= 0.6 is 0 Å². The van der Waals surface area contributed by atoms with Crippen LogP contribution in [-0.2, 0) is 28.5 Å². The first-order chi connectivity index (χ1) is 18.0. The SMILES string of the molecule is CCCCCCC(CCCCCC)C(=O)OCCCCOCC(CCN(C)C)COCCCCOC=O. The van der Waals surface area contributed by atoms with E-state index in [1.807, 2.05) is 0 Å². The Morgan fingerprint density at radius 2 is 1.24 bits per heavy atom. The summed E-state index contributed by atoms with van der Waals surface area (Å²) < 4.78 is 22.1. The van der Waals surface area contributed by atoms with Crippen LogP contribution in [0, 0.1) is 11.8 Å². The zero-order valence-electron chi connectivity index (χ0n) is 24.7. The average Bonchev–Trinajstić information content (AvgIpc) is 2.88. The third-order valence-corrected chi connectivity index (χ3v) is 6.63. The Labute approximate surface area is 228 Å². The zero-order valence-corrected chi connectivity index (χ0v) is 24.7. The summed E-state index contributed by atoms with van der Waals surface area (Å²) in [7, 11) is 4.15. The predicted molar refractivity (Wildman–Crippen MR) is 151 cm³/mol. The summed E-state index contributed by atoms with van der Waals surface area (Å²) >= 11 is 0. The molecule has 0 aliphatic heterocycles. The van der Waals surface area contributed by atoms with E-state index in [0.717, 1.165) is 64.3 Å². The Morgan fingerprint density at radius 1 is 0.703 bits per heavy atom. The van der Waals surface area contributed by atoms with Gasteiger partial charge in [-0.15, -0.1) is 0 Å². The van der Waals surface area contributed by atoms with E-state index in [0.29, 0.717) is 52.0 Å². The molecule has 7 heteroatoms. The fourth-order valence-corrected chi connectivity index (χ4v) is 4.21. The lowest BCUT2D eigenvalue weighted by atomic mass is 9.94. The number of hydrogen-bond donors (Lipinski definition) is 0. The highest BCUT2D eigenvalue weighted by molar-refractivity contribution is 5.72. The smallest absolute Gasteiger partial charge is 0.308 e. The third kappa shape index (κ3) is 24.9. The van der Waals surface area contributed by atoms with Crippen molar-refractivity contribution in [3.8, 4) is 0 Å². The van der Waals surface area contributed by atoms with E-state index in [1.165, 1.54) is 38.5 Å². The summed E-state index contributed by atoms with van der Waals surface area (Å²) in [4.78, 5) is 25.0. The van der Waals surface area contributed by atoms with E-state index in [1.54, 1.807) is 0 Å². The predicted octanol–water partition coefficient (Wildman–Crippen LogP) is 6.42. The maximum atomic E-state index is 12.7. The molecule has 0 radical (unpaired) electrons. The first-order valence-corrected chi connectivity index (χ1v) is 15.1. The second-order valence-electron chi connectivity index (χ2n) is 10.6. The van der Waals surface area contributed by atoms with Crippen molar-refractivity contribution >= 4 is 12.4 Å². The molecule has 0 heterocycles. The van der Waals surface area contributed by atoms with Gasteiger partial charge in [-0.05, 0) is 65.6 Å².